The van der Waals surface area contributed by atoms with Crippen molar-refractivity contribution in [1.82, 2.24) is 4.90 Å². The number of phenols is 1. The maximum Gasteiger partial charge on any atom is 0.329 e. The summed E-state index contributed by atoms with van der Waals surface area (Å²) < 4.78 is 29.4. The highest BCUT2D eigenvalue weighted by molar-refractivity contribution is 7.89. The van der Waals surface area contributed by atoms with Gasteiger partial charge in [-0.3, -0.25) is 4.79 Å². The number of aryl methyl sites for hydroxylation is 1. The number of amides is 1. The van der Waals surface area contributed by atoms with Gasteiger partial charge < -0.3 is 14.7 Å². The van der Waals surface area contributed by atoms with E-state index in [1.807, 2.05) is 6.07 Å². The smallest absolute Gasteiger partial charge is 0.329 e. The number of nitrogens with zero attached hydrogens (tertiary/aromatic N) is 1. The summed E-state index contributed by atoms with van der Waals surface area (Å²) in [6.45, 7) is 2.74. The van der Waals surface area contributed by atoms with Crippen molar-refractivity contribution >= 4 is 21.9 Å². The van der Waals surface area contributed by atoms with Crippen molar-refractivity contribution in [1.29, 1.82) is 0 Å². The van der Waals surface area contributed by atoms with Gasteiger partial charge in [0.1, 0.15) is 17.9 Å². The minimum Gasteiger partial charge on any atom is -0.508 e. The van der Waals surface area contributed by atoms with Gasteiger partial charge in [0.05, 0.1) is 4.90 Å². The number of sulfonamides is 1. The zero-order valence-corrected chi connectivity index (χ0v) is 23.0. The molecule has 1 heterocycles. The third-order valence-corrected chi connectivity index (χ3v) is 11.0. The summed E-state index contributed by atoms with van der Waals surface area (Å²) in [5.74, 6) is 1.22. The lowest BCUT2D eigenvalue weighted by atomic mass is 9.55. The number of carbonyl (C=O) groups is 2. The lowest BCUT2D eigenvalue weighted by Crippen LogP contribution is -2.47. The SMILES string of the molecule is CC12CCC3c4ccc(O)cc4CCC3C1CCC2OC(=O)C1CCCN1C(=O)c1ccc(S(N)(=O)=O)cc1. The Kier molecular flexibility index (Phi) is 6.50. The van der Waals surface area contributed by atoms with Gasteiger partial charge in [-0.25, -0.2) is 18.4 Å². The molecule has 39 heavy (non-hydrogen) atoms. The Balaban J connectivity index is 1.15. The normalized spacial score (nSPS) is 31.7. The highest BCUT2D eigenvalue weighted by atomic mass is 32.2. The Morgan fingerprint density at radius 3 is 2.56 bits per heavy atom. The molecule has 2 aromatic carbocycles. The molecular formula is C30H36N2O6S. The van der Waals surface area contributed by atoms with E-state index in [-0.39, 0.29) is 28.3 Å². The van der Waals surface area contributed by atoms with Crippen LogP contribution in [-0.4, -0.2) is 49.0 Å². The highest BCUT2D eigenvalue weighted by Gasteiger charge is 2.56. The number of nitrogens with two attached hydrogens (primary N) is 1. The average Bonchev–Trinajstić information content (AvgIpc) is 3.52. The number of ether oxygens (including phenoxy) is 1. The van der Waals surface area contributed by atoms with Crippen LogP contribution in [0.2, 0.25) is 0 Å². The summed E-state index contributed by atoms with van der Waals surface area (Å²) in [4.78, 5) is 28.2. The van der Waals surface area contributed by atoms with Crippen LogP contribution in [-0.2, 0) is 26.0 Å². The number of rotatable bonds is 4. The molecule has 9 heteroatoms. The zero-order chi connectivity index (χ0) is 27.5. The first-order valence-electron chi connectivity index (χ1n) is 14.0. The highest BCUT2D eigenvalue weighted by Crippen LogP contribution is 2.61. The van der Waals surface area contributed by atoms with Gasteiger partial charge in [0.25, 0.3) is 5.91 Å². The van der Waals surface area contributed by atoms with Crippen molar-refractivity contribution in [2.24, 2.45) is 22.4 Å². The molecule has 6 atom stereocenters. The first kappa shape index (κ1) is 26.3. The van der Waals surface area contributed by atoms with Crippen LogP contribution >= 0.6 is 0 Å². The molecule has 3 fully saturated rings. The van der Waals surface area contributed by atoms with E-state index >= 15 is 0 Å². The topological polar surface area (TPSA) is 127 Å². The summed E-state index contributed by atoms with van der Waals surface area (Å²) in [5, 5.41) is 15.1. The van der Waals surface area contributed by atoms with E-state index in [0.717, 1.165) is 38.5 Å². The molecule has 0 bridgehead atoms. The van der Waals surface area contributed by atoms with E-state index in [1.54, 1.807) is 11.0 Å². The molecule has 0 aromatic heterocycles. The Morgan fingerprint density at radius 1 is 1.05 bits per heavy atom. The number of esters is 1. The van der Waals surface area contributed by atoms with Crippen LogP contribution in [0.15, 0.2) is 47.4 Å². The number of carbonyl (C=O) groups excluding carboxylic acids is 2. The first-order chi connectivity index (χ1) is 18.6. The standard InChI is InChI=1S/C30H36N2O6S/c1-30-15-14-23-22-11-7-20(33)17-19(22)6-10-24(23)25(30)12-13-27(30)38-29(35)26-3-2-16-32(26)28(34)18-4-8-21(9-5-18)39(31,36)37/h4-5,7-9,11,17,23-27,33H,2-3,6,10,12-16H2,1H3,(H2,31,36,37). The maximum absolute atomic E-state index is 13.5. The van der Waals surface area contributed by atoms with Crippen molar-refractivity contribution in [3.63, 3.8) is 0 Å². The fourth-order valence-electron chi connectivity index (χ4n) is 8.14. The maximum atomic E-state index is 13.5. The number of fused-ring (bicyclic) bond motifs is 5. The van der Waals surface area contributed by atoms with Gasteiger partial charge in [0.15, 0.2) is 0 Å². The van der Waals surface area contributed by atoms with Gasteiger partial charge in [-0.1, -0.05) is 13.0 Å². The molecular weight excluding hydrogens is 516 g/mol. The molecule has 208 valence electrons. The lowest BCUT2D eigenvalue weighted by Gasteiger charge is -2.50. The fourth-order valence-corrected chi connectivity index (χ4v) is 8.66. The van der Waals surface area contributed by atoms with Gasteiger partial charge in [0, 0.05) is 17.5 Å². The second-order valence-electron chi connectivity index (χ2n) is 12.1. The monoisotopic (exact) mass is 552 g/mol. The minimum atomic E-state index is -3.85. The average molecular weight is 553 g/mol. The Bertz CT molecular complexity index is 1410. The van der Waals surface area contributed by atoms with Crippen LogP contribution in [0.25, 0.3) is 0 Å². The van der Waals surface area contributed by atoms with Crippen molar-refractivity contribution < 1.29 is 27.9 Å². The second kappa shape index (κ2) is 9.63. The number of likely N-dealkylation sites (tertiary alicyclic amines) is 1. The van der Waals surface area contributed by atoms with Crippen molar-refractivity contribution in [2.45, 2.75) is 81.2 Å². The van der Waals surface area contributed by atoms with Crippen LogP contribution in [0.3, 0.4) is 0 Å². The molecule has 3 N–H and O–H groups in total. The lowest BCUT2D eigenvalue weighted by molar-refractivity contribution is -0.162. The Labute approximate surface area is 229 Å². The van der Waals surface area contributed by atoms with Crippen molar-refractivity contribution in [3.8, 4) is 5.75 Å². The van der Waals surface area contributed by atoms with Gasteiger partial charge in [-0.05, 0) is 117 Å². The molecule has 6 rings (SSSR count). The van der Waals surface area contributed by atoms with E-state index in [1.165, 1.54) is 35.4 Å². The quantitative estimate of drug-likeness (QED) is 0.550. The molecule has 6 unspecified atom stereocenters. The third kappa shape index (κ3) is 4.53. The number of hydrogen-bond donors (Lipinski definition) is 2. The number of phenolic OH excluding ortho intramolecular Hbond substituents is 1. The van der Waals surface area contributed by atoms with Crippen LogP contribution < -0.4 is 5.14 Å². The fraction of sp³-hybridized carbons (Fsp3) is 0.533. The zero-order valence-electron chi connectivity index (χ0n) is 22.2. The van der Waals surface area contributed by atoms with Crippen molar-refractivity contribution in [3.05, 3.63) is 59.2 Å². The molecule has 1 amide bonds. The molecule has 2 aromatic rings. The van der Waals surface area contributed by atoms with Gasteiger partial charge in [-0.2, -0.15) is 0 Å². The van der Waals surface area contributed by atoms with E-state index in [0.29, 0.717) is 48.5 Å². The van der Waals surface area contributed by atoms with E-state index in [2.05, 4.69) is 13.0 Å². The Hall–Kier alpha value is -2.91. The molecule has 4 aliphatic rings. The number of aromatic hydroxyl groups is 1. The summed E-state index contributed by atoms with van der Waals surface area (Å²) in [6.07, 6.45) is 7.08. The summed E-state index contributed by atoms with van der Waals surface area (Å²) in [5.41, 5.74) is 2.89. The molecule has 2 saturated carbocycles. The minimum absolute atomic E-state index is 0.0604. The predicted octanol–water partition coefficient (Wildman–Crippen LogP) is 4.11. The van der Waals surface area contributed by atoms with Crippen LogP contribution in [0.4, 0.5) is 0 Å². The van der Waals surface area contributed by atoms with Crippen LogP contribution in [0, 0.1) is 17.3 Å². The van der Waals surface area contributed by atoms with Gasteiger partial charge >= 0.3 is 5.97 Å². The summed E-state index contributed by atoms with van der Waals surface area (Å²) >= 11 is 0. The summed E-state index contributed by atoms with van der Waals surface area (Å²) in [6, 6.07) is 10.7. The largest absolute Gasteiger partial charge is 0.508 e. The van der Waals surface area contributed by atoms with Crippen LogP contribution in [0.5, 0.6) is 5.75 Å². The second-order valence-corrected chi connectivity index (χ2v) is 13.6. The Morgan fingerprint density at radius 2 is 1.82 bits per heavy atom. The summed E-state index contributed by atoms with van der Waals surface area (Å²) in [7, 11) is -3.85. The van der Waals surface area contributed by atoms with Gasteiger partial charge in [-0.15, -0.1) is 0 Å². The van der Waals surface area contributed by atoms with E-state index in [4.69, 9.17) is 9.88 Å². The molecule has 1 saturated heterocycles. The van der Waals surface area contributed by atoms with Crippen LogP contribution in [0.1, 0.15) is 79.3 Å². The number of hydrogen-bond acceptors (Lipinski definition) is 6. The van der Waals surface area contributed by atoms with Gasteiger partial charge in [0.2, 0.25) is 10.0 Å². The molecule has 3 aliphatic carbocycles. The molecule has 0 spiro atoms. The third-order valence-electron chi connectivity index (χ3n) is 10.1. The number of benzene rings is 2. The first-order valence-corrected chi connectivity index (χ1v) is 15.6. The van der Waals surface area contributed by atoms with E-state index in [9.17, 15) is 23.1 Å². The molecule has 1 aliphatic heterocycles. The molecule has 8 nitrogen and oxygen atoms in total. The number of primary sulfonamides is 1. The predicted molar refractivity (Wildman–Crippen MR) is 144 cm³/mol. The van der Waals surface area contributed by atoms with Crippen molar-refractivity contribution in [2.75, 3.05) is 6.54 Å². The molecule has 0 radical (unpaired) electrons. The van der Waals surface area contributed by atoms with E-state index < -0.39 is 16.1 Å².